The van der Waals surface area contributed by atoms with Crippen molar-refractivity contribution in [2.75, 3.05) is 0 Å². The Kier molecular flexibility index (Phi) is 5.79. The summed E-state index contributed by atoms with van der Waals surface area (Å²) in [6.45, 7) is 3.84. The zero-order valence-corrected chi connectivity index (χ0v) is 11.2. The molecule has 0 aromatic heterocycles. The standard InChI is InChI=1S/C15H19NO3/c1-11(2)10-13(15(18)19)16-14(17)9-8-12-6-4-3-5-7-12/h3-9,11,13H,10H2,1-2H3,(H,16,17)(H,18,19)/t13-/m1/s1. The van der Waals surface area contributed by atoms with E-state index in [1.54, 1.807) is 6.08 Å². The third kappa shape index (κ3) is 5.86. The van der Waals surface area contributed by atoms with Crippen LogP contribution in [0, 0.1) is 5.92 Å². The molecule has 0 radical (unpaired) electrons. The SMILES string of the molecule is CC(C)C[C@@H](NC(=O)C=Cc1ccccc1)C(=O)O. The van der Waals surface area contributed by atoms with Gasteiger partial charge in [-0.1, -0.05) is 44.2 Å². The van der Waals surface area contributed by atoms with Gasteiger partial charge < -0.3 is 10.4 Å². The third-order valence-electron chi connectivity index (χ3n) is 2.55. The highest BCUT2D eigenvalue weighted by Gasteiger charge is 2.19. The molecule has 1 rings (SSSR count). The fourth-order valence-corrected chi connectivity index (χ4v) is 1.65. The predicted octanol–water partition coefficient (Wildman–Crippen LogP) is 2.32. The number of carboxylic acids is 1. The number of carboxylic acid groups (broad SMARTS) is 1. The smallest absolute Gasteiger partial charge is 0.326 e. The summed E-state index contributed by atoms with van der Waals surface area (Å²) in [7, 11) is 0. The van der Waals surface area contributed by atoms with E-state index < -0.39 is 17.9 Å². The van der Waals surface area contributed by atoms with Crippen LogP contribution in [0.3, 0.4) is 0 Å². The molecule has 0 aliphatic rings. The molecule has 1 aromatic rings. The Balaban J connectivity index is 2.58. The van der Waals surface area contributed by atoms with Crippen molar-refractivity contribution < 1.29 is 14.7 Å². The molecule has 0 heterocycles. The predicted molar refractivity (Wildman–Crippen MR) is 74.5 cm³/mol. The maximum absolute atomic E-state index is 11.7. The maximum atomic E-state index is 11.7. The van der Waals surface area contributed by atoms with Crippen molar-refractivity contribution in [2.24, 2.45) is 5.92 Å². The third-order valence-corrected chi connectivity index (χ3v) is 2.55. The van der Waals surface area contributed by atoms with Gasteiger partial charge in [0.1, 0.15) is 6.04 Å². The Labute approximate surface area is 113 Å². The van der Waals surface area contributed by atoms with Crippen LogP contribution in [-0.2, 0) is 9.59 Å². The van der Waals surface area contributed by atoms with Crippen LogP contribution in [0.15, 0.2) is 36.4 Å². The molecule has 19 heavy (non-hydrogen) atoms. The Morgan fingerprint density at radius 1 is 1.26 bits per heavy atom. The molecule has 0 saturated carbocycles. The molecule has 1 atom stereocenters. The number of carbonyl (C=O) groups excluding carboxylic acids is 1. The lowest BCUT2D eigenvalue weighted by Gasteiger charge is -2.15. The molecule has 102 valence electrons. The number of hydrogen-bond acceptors (Lipinski definition) is 2. The summed E-state index contributed by atoms with van der Waals surface area (Å²) in [6.07, 6.45) is 3.43. The van der Waals surface area contributed by atoms with Gasteiger partial charge in [-0.05, 0) is 24.0 Å². The molecule has 0 saturated heterocycles. The molecule has 1 amide bonds. The van der Waals surface area contributed by atoms with Crippen LogP contribution in [0.2, 0.25) is 0 Å². The Bertz CT molecular complexity index is 452. The molecule has 0 fully saturated rings. The first-order valence-corrected chi connectivity index (χ1v) is 6.25. The quantitative estimate of drug-likeness (QED) is 0.772. The first kappa shape index (κ1) is 15.0. The summed E-state index contributed by atoms with van der Waals surface area (Å²) < 4.78 is 0. The number of benzene rings is 1. The van der Waals surface area contributed by atoms with Crippen LogP contribution in [-0.4, -0.2) is 23.0 Å². The molecule has 1 aromatic carbocycles. The minimum absolute atomic E-state index is 0.208. The van der Waals surface area contributed by atoms with Gasteiger partial charge >= 0.3 is 5.97 Å². The first-order chi connectivity index (χ1) is 8.99. The second-order valence-electron chi connectivity index (χ2n) is 4.77. The summed E-state index contributed by atoms with van der Waals surface area (Å²) in [4.78, 5) is 22.7. The lowest BCUT2D eigenvalue weighted by atomic mass is 10.0. The number of nitrogens with one attached hydrogen (secondary N) is 1. The molecule has 0 unspecified atom stereocenters. The normalized spacial score (nSPS) is 12.6. The van der Waals surface area contributed by atoms with Crippen molar-refractivity contribution >= 4 is 18.0 Å². The van der Waals surface area contributed by atoms with Crippen LogP contribution in [0.25, 0.3) is 6.08 Å². The van der Waals surface area contributed by atoms with Crippen molar-refractivity contribution in [1.29, 1.82) is 0 Å². The Hall–Kier alpha value is -2.10. The van der Waals surface area contributed by atoms with E-state index in [0.29, 0.717) is 6.42 Å². The molecular formula is C15H19NO3. The summed E-state index contributed by atoms with van der Waals surface area (Å²) in [5.74, 6) is -1.19. The second-order valence-corrected chi connectivity index (χ2v) is 4.77. The van der Waals surface area contributed by atoms with E-state index >= 15 is 0 Å². The minimum Gasteiger partial charge on any atom is -0.480 e. The fourth-order valence-electron chi connectivity index (χ4n) is 1.65. The van der Waals surface area contributed by atoms with E-state index in [0.717, 1.165) is 5.56 Å². The van der Waals surface area contributed by atoms with Gasteiger partial charge in [0.15, 0.2) is 0 Å². The highest BCUT2D eigenvalue weighted by molar-refractivity contribution is 5.94. The largest absolute Gasteiger partial charge is 0.480 e. The van der Waals surface area contributed by atoms with Gasteiger partial charge in [-0.25, -0.2) is 4.79 Å². The number of hydrogen-bond donors (Lipinski definition) is 2. The van der Waals surface area contributed by atoms with E-state index in [1.807, 2.05) is 44.2 Å². The molecule has 0 aliphatic heterocycles. The average molecular weight is 261 g/mol. The van der Waals surface area contributed by atoms with Crippen LogP contribution in [0.5, 0.6) is 0 Å². The van der Waals surface area contributed by atoms with E-state index in [1.165, 1.54) is 6.08 Å². The summed E-state index contributed by atoms with van der Waals surface area (Å²) >= 11 is 0. The molecular weight excluding hydrogens is 242 g/mol. The average Bonchev–Trinajstić information content (AvgIpc) is 2.36. The molecule has 0 spiro atoms. The van der Waals surface area contributed by atoms with Gasteiger partial charge in [0, 0.05) is 6.08 Å². The molecule has 0 aliphatic carbocycles. The fraction of sp³-hybridized carbons (Fsp3) is 0.333. The monoisotopic (exact) mass is 261 g/mol. The molecule has 2 N–H and O–H groups in total. The minimum atomic E-state index is -1.00. The van der Waals surface area contributed by atoms with Crippen molar-refractivity contribution in [3.8, 4) is 0 Å². The van der Waals surface area contributed by atoms with E-state index in [2.05, 4.69) is 5.32 Å². The summed E-state index contributed by atoms with van der Waals surface area (Å²) in [6, 6.07) is 8.53. The topological polar surface area (TPSA) is 66.4 Å². The molecule has 4 heteroatoms. The van der Waals surface area contributed by atoms with Gasteiger partial charge in [-0.15, -0.1) is 0 Å². The maximum Gasteiger partial charge on any atom is 0.326 e. The van der Waals surface area contributed by atoms with E-state index in [4.69, 9.17) is 5.11 Å². The lowest BCUT2D eigenvalue weighted by Crippen LogP contribution is -2.40. The lowest BCUT2D eigenvalue weighted by molar-refractivity contribution is -0.141. The van der Waals surface area contributed by atoms with Gasteiger partial charge in [0.2, 0.25) is 5.91 Å². The van der Waals surface area contributed by atoms with Gasteiger partial charge in [-0.2, -0.15) is 0 Å². The number of aliphatic carboxylic acids is 1. The second kappa shape index (κ2) is 7.36. The molecule has 4 nitrogen and oxygen atoms in total. The Morgan fingerprint density at radius 3 is 2.42 bits per heavy atom. The molecule has 0 bridgehead atoms. The van der Waals surface area contributed by atoms with Crippen LogP contribution >= 0.6 is 0 Å². The first-order valence-electron chi connectivity index (χ1n) is 6.25. The number of rotatable bonds is 6. The summed E-state index contributed by atoms with van der Waals surface area (Å²) in [5.41, 5.74) is 0.897. The number of amides is 1. The van der Waals surface area contributed by atoms with Crippen molar-refractivity contribution in [3.05, 3.63) is 42.0 Å². The van der Waals surface area contributed by atoms with Gasteiger partial charge in [-0.3, -0.25) is 4.79 Å². The zero-order chi connectivity index (χ0) is 14.3. The Morgan fingerprint density at radius 2 is 1.89 bits per heavy atom. The van der Waals surface area contributed by atoms with Gasteiger partial charge in [0.25, 0.3) is 0 Å². The van der Waals surface area contributed by atoms with Crippen molar-refractivity contribution in [2.45, 2.75) is 26.3 Å². The number of carbonyl (C=O) groups is 2. The van der Waals surface area contributed by atoms with Crippen LogP contribution in [0.4, 0.5) is 0 Å². The van der Waals surface area contributed by atoms with Gasteiger partial charge in [0.05, 0.1) is 0 Å². The zero-order valence-electron chi connectivity index (χ0n) is 11.2. The van der Waals surface area contributed by atoms with Crippen molar-refractivity contribution in [3.63, 3.8) is 0 Å². The van der Waals surface area contributed by atoms with Crippen LogP contribution < -0.4 is 5.32 Å². The highest BCUT2D eigenvalue weighted by atomic mass is 16.4. The highest BCUT2D eigenvalue weighted by Crippen LogP contribution is 2.05. The summed E-state index contributed by atoms with van der Waals surface area (Å²) in [5, 5.41) is 11.5. The van der Waals surface area contributed by atoms with Crippen molar-refractivity contribution in [1.82, 2.24) is 5.32 Å². The van der Waals surface area contributed by atoms with E-state index in [9.17, 15) is 9.59 Å². The van der Waals surface area contributed by atoms with E-state index in [-0.39, 0.29) is 5.92 Å². The van der Waals surface area contributed by atoms with Crippen LogP contribution in [0.1, 0.15) is 25.8 Å².